The van der Waals surface area contributed by atoms with Gasteiger partial charge in [0, 0.05) is 24.7 Å². The highest BCUT2D eigenvalue weighted by Gasteiger charge is 2.05. The summed E-state index contributed by atoms with van der Waals surface area (Å²) in [5, 5.41) is 0.866. The molecule has 0 bridgehead atoms. The van der Waals surface area contributed by atoms with Gasteiger partial charge in [-0.25, -0.2) is 0 Å². The van der Waals surface area contributed by atoms with Crippen molar-refractivity contribution in [2.45, 2.75) is 6.92 Å². The van der Waals surface area contributed by atoms with Crippen LogP contribution in [0, 0.1) is 0 Å². The fraction of sp³-hybridized carbons (Fsp3) is 0.111. The Labute approximate surface area is 74.5 Å². The third-order valence-electron chi connectivity index (χ3n) is 1.70. The van der Waals surface area contributed by atoms with E-state index in [1.54, 1.807) is 24.7 Å². The van der Waals surface area contributed by atoms with Gasteiger partial charge in [-0.05, 0) is 6.07 Å². The number of rotatable bonds is 1. The highest BCUT2D eigenvalue weighted by Crippen LogP contribution is 2.23. The largest absolute Gasteiger partial charge is 0.424 e. The van der Waals surface area contributed by atoms with Gasteiger partial charge < -0.3 is 9.72 Å². The quantitative estimate of drug-likeness (QED) is 0.669. The Hall–Kier alpha value is -1.84. The van der Waals surface area contributed by atoms with E-state index in [4.69, 9.17) is 4.74 Å². The summed E-state index contributed by atoms with van der Waals surface area (Å²) in [5.74, 6) is 0.225. The Balaban J connectivity index is 2.51. The smallest absolute Gasteiger partial charge is 0.308 e. The molecule has 0 aliphatic carbocycles. The number of fused-ring (bicyclic) bond motifs is 1. The average molecular weight is 176 g/mol. The van der Waals surface area contributed by atoms with Crippen LogP contribution in [-0.4, -0.2) is 15.9 Å². The lowest BCUT2D eigenvalue weighted by atomic mass is 10.3. The van der Waals surface area contributed by atoms with E-state index in [0.29, 0.717) is 5.75 Å². The van der Waals surface area contributed by atoms with Crippen LogP contribution in [0.25, 0.3) is 10.9 Å². The minimum Gasteiger partial charge on any atom is -0.424 e. The van der Waals surface area contributed by atoms with Gasteiger partial charge in [-0.15, -0.1) is 0 Å². The number of nitrogens with zero attached hydrogens (tertiary/aromatic N) is 1. The molecule has 0 radical (unpaired) electrons. The molecule has 0 aliphatic heterocycles. The van der Waals surface area contributed by atoms with Gasteiger partial charge in [-0.2, -0.15) is 0 Å². The molecule has 0 aromatic carbocycles. The van der Waals surface area contributed by atoms with Crippen LogP contribution in [0.3, 0.4) is 0 Å². The standard InChI is InChI=1S/C9H8N2O2/c1-6(12)13-9-5-11-8-4-10-3-2-7(8)9/h2-5,11H,1H3. The average Bonchev–Trinajstić information content (AvgIpc) is 2.48. The fourth-order valence-corrected chi connectivity index (χ4v) is 1.18. The zero-order valence-electron chi connectivity index (χ0n) is 7.07. The van der Waals surface area contributed by atoms with Crippen molar-refractivity contribution in [3.8, 4) is 5.75 Å². The second-order valence-corrected chi connectivity index (χ2v) is 2.67. The fourth-order valence-electron chi connectivity index (χ4n) is 1.18. The van der Waals surface area contributed by atoms with Gasteiger partial charge in [0.15, 0.2) is 5.75 Å². The summed E-state index contributed by atoms with van der Waals surface area (Å²) < 4.78 is 4.97. The van der Waals surface area contributed by atoms with Crippen LogP contribution < -0.4 is 4.74 Å². The maximum absolute atomic E-state index is 10.7. The number of esters is 1. The van der Waals surface area contributed by atoms with Gasteiger partial charge in [0.25, 0.3) is 0 Å². The molecular weight excluding hydrogens is 168 g/mol. The van der Waals surface area contributed by atoms with Gasteiger partial charge in [-0.3, -0.25) is 9.78 Å². The van der Waals surface area contributed by atoms with E-state index in [9.17, 15) is 4.79 Å². The molecule has 0 saturated carbocycles. The normalized spacial score (nSPS) is 10.2. The van der Waals surface area contributed by atoms with Gasteiger partial charge in [0.05, 0.1) is 11.7 Å². The van der Waals surface area contributed by atoms with E-state index in [-0.39, 0.29) is 5.97 Å². The van der Waals surface area contributed by atoms with Crippen molar-refractivity contribution in [3.63, 3.8) is 0 Å². The molecule has 66 valence electrons. The van der Waals surface area contributed by atoms with E-state index >= 15 is 0 Å². The Morgan fingerprint density at radius 2 is 2.46 bits per heavy atom. The Morgan fingerprint density at radius 1 is 1.62 bits per heavy atom. The molecule has 0 spiro atoms. The number of ether oxygens (including phenoxy) is 1. The van der Waals surface area contributed by atoms with Crippen LogP contribution in [-0.2, 0) is 4.79 Å². The van der Waals surface area contributed by atoms with E-state index in [0.717, 1.165) is 10.9 Å². The molecule has 13 heavy (non-hydrogen) atoms. The lowest BCUT2D eigenvalue weighted by molar-refractivity contribution is -0.131. The SMILES string of the molecule is CC(=O)Oc1c[nH]c2cnccc12. The number of H-pyrrole nitrogens is 1. The molecule has 2 aromatic heterocycles. The molecule has 0 amide bonds. The lowest BCUT2D eigenvalue weighted by Gasteiger charge is -1.96. The van der Waals surface area contributed by atoms with E-state index in [1.165, 1.54) is 6.92 Å². The predicted octanol–water partition coefficient (Wildman–Crippen LogP) is 1.49. The molecule has 0 fully saturated rings. The summed E-state index contributed by atoms with van der Waals surface area (Å²) in [4.78, 5) is 17.6. The van der Waals surface area contributed by atoms with Gasteiger partial charge in [-0.1, -0.05) is 0 Å². The molecule has 0 unspecified atom stereocenters. The van der Waals surface area contributed by atoms with Gasteiger partial charge in [0.1, 0.15) is 0 Å². The molecule has 0 atom stereocenters. The van der Waals surface area contributed by atoms with Crippen molar-refractivity contribution in [3.05, 3.63) is 24.7 Å². The van der Waals surface area contributed by atoms with Crippen LogP contribution >= 0.6 is 0 Å². The van der Waals surface area contributed by atoms with Crippen LogP contribution in [0.1, 0.15) is 6.92 Å². The van der Waals surface area contributed by atoms with Crippen LogP contribution in [0.4, 0.5) is 0 Å². The number of carbonyl (C=O) groups is 1. The maximum atomic E-state index is 10.7. The zero-order chi connectivity index (χ0) is 9.26. The van der Waals surface area contributed by atoms with Crippen molar-refractivity contribution < 1.29 is 9.53 Å². The first-order valence-corrected chi connectivity index (χ1v) is 3.87. The summed E-state index contributed by atoms with van der Waals surface area (Å²) in [5.41, 5.74) is 0.860. The third kappa shape index (κ3) is 1.38. The van der Waals surface area contributed by atoms with Gasteiger partial charge >= 0.3 is 5.97 Å². The second-order valence-electron chi connectivity index (χ2n) is 2.67. The summed E-state index contributed by atoms with van der Waals surface area (Å²) in [6, 6.07) is 1.80. The first-order chi connectivity index (χ1) is 6.27. The number of hydrogen-bond acceptors (Lipinski definition) is 3. The third-order valence-corrected chi connectivity index (χ3v) is 1.70. The number of aromatic nitrogens is 2. The van der Waals surface area contributed by atoms with Gasteiger partial charge in [0.2, 0.25) is 0 Å². The van der Waals surface area contributed by atoms with Crippen molar-refractivity contribution in [2.75, 3.05) is 0 Å². The number of nitrogens with one attached hydrogen (secondary N) is 1. The molecule has 0 aliphatic rings. The van der Waals surface area contributed by atoms with Crippen molar-refractivity contribution in [2.24, 2.45) is 0 Å². The number of hydrogen-bond donors (Lipinski definition) is 1. The zero-order valence-corrected chi connectivity index (χ0v) is 7.07. The highest BCUT2D eigenvalue weighted by atomic mass is 16.5. The summed E-state index contributed by atoms with van der Waals surface area (Å²) in [6.45, 7) is 1.38. The summed E-state index contributed by atoms with van der Waals surface area (Å²) in [7, 11) is 0. The van der Waals surface area contributed by atoms with E-state index in [2.05, 4.69) is 9.97 Å². The van der Waals surface area contributed by atoms with Crippen LogP contribution in [0.15, 0.2) is 24.7 Å². The Bertz CT molecular complexity index is 448. The summed E-state index contributed by atoms with van der Waals surface area (Å²) >= 11 is 0. The minimum atomic E-state index is -0.322. The first-order valence-electron chi connectivity index (χ1n) is 3.87. The van der Waals surface area contributed by atoms with E-state index in [1.807, 2.05) is 0 Å². The first kappa shape index (κ1) is 7.79. The topological polar surface area (TPSA) is 55.0 Å². The number of aromatic amines is 1. The highest BCUT2D eigenvalue weighted by molar-refractivity contribution is 5.87. The molecule has 4 nitrogen and oxygen atoms in total. The molecule has 2 heterocycles. The van der Waals surface area contributed by atoms with Crippen molar-refractivity contribution in [1.29, 1.82) is 0 Å². The monoisotopic (exact) mass is 176 g/mol. The van der Waals surface area contributed by atoms with E-state index < -0.39 is 0 Å². The maximum Gasteiger partial charge on any atom is 0.308 e. The summed E-state index contributed by atoms with van der Waals surface area (Å²) in [6.07, 6.45) is 4.99. The molecule has 4 heteroatoms. The minimum absolute atomic E-state index is 0.322. The molecule has 2 rings (SSSR count). The Morgan fingerprint density at radius 3 is 3.23 bits per heavy atom. The molecule has 2 aromatic rings. The molecular formula is C9H8N2O2. The molecule has 0 saturated heterocycles. The lowest BCUT2D eigenvalue weighted by Crippen LogP contribution is -2.00. The van der Waals surface area contributed by atoms with Crippen molar-refractivity contribution in [1.82, 2.24) is 9.97 Å². The second kappa shape index (κ2) is 2.90. The van der Waals surface area contributed by atoms with Crippen LogP contribution in [0.2, 0.25) is 0 Å². The molecule has 1 N–H and O–H groups in total. The predicted molar refractivity (Wildman–Crippen MR) is 47.4 cm³/mol. The van der Waals surface area contributed by atoms with Crippen molar-refractivity contribution >= 4 is 16.9 Å². The number of pyridine rings is 1. The Kier molecular flexibility index (Phi) is 1.73. The van der Waals surface area contributed by atoms with Crippen LogP contribution in [0.5, 0.6) is 5.75 Å². The number of carbonyl (C=O) groups excluding carboxylic acids is 1.